The van der Waals surface area contributed by atoms with Crippen LogP contribution in [0.5, 0.6) is 0 Å². The molecule has 0 radical (unpaired) electrons. The molecule has 0 N–H and O–H groups in total. The second-order valence-corrected chi connectivity index (χ2v) is 5.47. The van der Waals surface area contributed by atoms with Gasteiger partial charge in [-0.05, 0) is 18.3 Å². The third kappa shape index (κ3) is 1.85. The molecule has 0 aromatic heterocycles. The first-order valence-electron chi connectivity index (χ1n) is 6.04. The number of nitrogens with zero attached hydrogens (tertiary/aromatic N) is 2. The summed E-state index contributed by atoms with van der Waals surface area (Å²) in [5, 5.41) is 0. The summed E-state index contributed by atoms with van der Waals surface area (Å²) < 4.78 is 0. The zero-order valence-corrected chi connectivity index (χ0v) is 10.9. The molecule has 94 valence electrons. The van der Waals surface area contributed by atoms with Crippen LogP contribution in [-0.4, -0.2) is 49.8 Å². The quantitative estimate of drug-likeness (QED) is 0.659. The van der Waals surface area contributed by atoms with Crippen LogP contribution in [-0.2, 0) is 9.59 Å². The monoisotopic (exact) mass is 236 g/mol. The Bertz CT molecular complexity index is 340. The minimum atomic E-state index is -0.158. The first-order chi connectivity index (χ1) is 7.93. The van der Waals surface area contributed by atoms with E-state index < -0.39 is 0 Å². The lowest BCUT2D eigenvalue weighted by molar-refractivity contribution is -0.144. The molecule has 0 aromatic rings. The van der Waals surface area contributed by atoms with Crippen LogP contribution in [0, 0.1) is 23.7 Å². The second kappa shape index (κ2) is 4.17. The molecule has 0 aromatic carbocycles. The fraction of sp³-hybridized carbons (Fsp3) is 0.692. The lowest BCUT2D eigenvalue weighted by Gasteiger charge is -2.30. The highest BCUT2D eigenvalue weighted by atomic mass is 16.2. The largest absolute Gasteiger partial charge is 0.349 e. The molecule has 1 saturated carbocycles. The van der Waals surface area contributed by atoms with Crippen molar-refractivity contribution in [1.82, 2.24) is 9.80 Å². The molecule has 0 unspecified atom stereocenters. The maximum absolute atomic E-state index is 12.2. The number of allylic oxidation sites excluding steroid dienone is 2. The van der Waals surface area contributed by atoms with Crippen LogP contribution in [0.15, 0.2) is 12.2 Å². The number of carbonyl (C=O) groups excluding carboxylic acids is 2. The van der Waals surface area contributed by atoms with E-state index in [4.69, 9.17) is 0 Å². The number of carbonyl (C=O) groups is 2. The maximum Gasteiger partial charge on any atom is 0.226 e. The molecule has 2 bridgehead atoms. The van der Waals surface area contributed by atoms with Crippen LogP contribution in [0.3, 0.4) is 0 Å². The Balaban J connectivity index is 2.27. The Morgan fingerprint density at radius 1 is 0.882 bits per heavy atom. The molecule has 2 aliphatic rings. The average molecular weight is 236 g/mol. The van der Waals surface area contributed by atoms with Crippen LogP contribution in [0.1, 0.15) is 6.42 Å². The Morgan fingerprint density at radius 2 is 1.24 bits per heavy atom. The molecule has 4 heteroatoms. The number of hydrogen-bond donors (Lipinski definition) is 0. The van der Waals surface area contributed by atoms with E-state index in [9.17, 15) is 9.59 Å². The van der Waals surface area contributed by atoms with Gasteiger partial charge in [0, 0.05) is 28.2 Å². The number of hydrogen-bond acceptors (Lipinski definition) is 2. The summed E-state index contributed by atoms with van der Waals surface area (Å²) in [4.78, 5) is 27.6. The van der Waals surface area contributed by atoms with E-state index in [0.717, 1.165) is 6.42 Å². The summed E-state index contributed by atoms with van der Waals surface area (Å²) >= 11 is 0. The first-order valence-corrected chi connectivity index (χ1v) is 6.04. The van der Waals surface area contributed by atoms with Gasteiger partial charge in [0.05, 0.1) is 11.8 Å². The van der Waals surface area contributed by atoms with Gasteiger partial charge in [-0.2, -0.15) is 0 Å². The third-order valence-corrected chi connectivity index (χ3v) is 3.91. The summed E-state index contributed by atoms with van der Waals surface area (Å²) in [6, 6.07) is 0. The normalized spacial score (nSPS) is 33.9. The molecule has 2 amide bonds. The highest BCUT2D eigenvalue weighted by molar-refractivity contribution is 5.89. The minimum Gasteiger partial charge on any atom is -0.349 e. The topological polar surface area (TPSA) is 40.6 Å². The van der Waals surface area contributed by atoms with Crippen molar-refractivity contribution in [3.8, 4) is 0 Å². The van der Waals surface area contributed by atoms with Gasteiger partial charge in [-0.25, -0.2) is 0 Å². The molecule has 2 aliphatic carbocycles. The van der Waals surface area contributed by atoms with Gasteiger partial charge in [0.25, 0.3) is 0 Å². The standard InChI is InChI=1S/C13H20N2O2/c1-14(2)12(16)10-8-5-6-9(7-8)11(10)13(17)15(3)4/h5-6,8-11H,7H2,1-4H3/t8-,9+,10-,11+. The van der Waals surface area contributed by atoms with Crippen LogP contribution in [0.4, 0.5) is 0 Å². The Labute approximate surface area is 102 Å². The fourth-order valence-corrected chi connectivity index (χ4v) is 3.09. The van der Waals surface area contributed by atoms with Gasteiger partial charge < -0.3 is 9.80 Å². The molecular weight excluding hydrogens is 216 g/mol. The summed E-state index contributed by atoms with van der Waals surface area (Å²) in [6.07, 6.45) is 5.17. The van der Waals surface area contributed by atoms with Crippen LogP contribution in [0.2, 0.25) is 0 Å². The maximum atomic E-state index is 12.2. The Kier molecular flexibility index (Phi) is 2.98. The average Bonchev–Trinajstić information content (AvgIpc) is 2.85. The minimum absolute atomic E-state index is 0.0852. The van der Waals surface area contributed by atoms with Crippen molar-refractivity contribution in [3.63, 3.8) is 0 Å². The lowest BCUT2D eigenvalue weighted by Crippen LogP contribution is -2.43. The molecule has 4 nitrogen and oxygen atoms in total. The molecule has 0 aliphatic heterocycles. The van der Waals surface area contributed by atoms with Crippen molar-refractivity contribution >= 4 is 11.8 Å². The van der Waals surface area contributed by atoms with E-state index in [1.807, 2.05) is 0 Å². The van der Waals surface area contributed by atoms with Gasteiger partial charge in [0.15, 0.2) is 0 Å². The molecule has 1 fully saturated rings. The summed E-state index contributed by atoms with van der Waals surface area (Å²) in [5.41, 5.74) is 0. The van der Waals surface area contributed by atoms with Crippen molar-refractivity contribution < 1.29 is 9.59 Å². The smallest absolute Gasteiger partial charge is 0.226 e. The van der Waals surface area contributed by atoms with Crippen LogP contribution >= 0.6 is 0 Å². The van der Waals surface area contributed by atoms with Crippen LogP contribution in [0.25, 0.3) is 0 Å². The summed E-state index contributed by atoms with van der Waals surface area (Å²) in [6.45, 7) is 0. The van der Waals surface area contributed by atoms with Gasteiger partial charge in [0.1, 0.15) is 0 Å². The molecular formula is C13H20N2O2. The highest BCUT2D eigenvalue weighted by Crippen LogP contribution is 2.49. The van der Waals surface area contributed by atoms with Crippen molar-refractivity contribution in [2.75, 3.05) is 28.2 Å². The predicted molar refractivity (Wildman–Crippen MR) is 65.1 cm³/mol. The van der Waals surface area contributed by atoms with Gasteiger partial charge in [-0.1, -0.05) is 12.2 Å². The lowest BCUT2D eigenvalue weighted by atomic mass is 9.81. The molecule has 4 atom stereocenters. The summed E-state index contributed by atoms with van der Waals surface area (Å²) in [7, 11) is 7.04. The Hall–Kier alpha value is -1.32. The van der Waals surface area contributed by atoms with Gasteiger partial charge in [-0.15, -0.1) is 0 Å². The van der Waals surface area contributed by atoms with Crippen molar-refractivity contribution in [2.45, 2.75) is 6.42 Å². The molecule has 17 heavy (non-hydrogen) atoms. The van der Waals surface area contributed by atoms with Crippen LogP contribution < -0.4 is 0 Å². The van der Waals surface area contributed by atoms with E-state index >= 15 is 0 Å². The van der Waals surface area contributed by atoms with Crippen molar-refractivity contribution in [3.05, 3.63) is 12.2 Å². The highest BCUT2D eigenvalue weighted by Gasteiger charge is 2.52. The molecule has 2 rings (SSSR count). The van der Waals surface area contributed by atoms with E-state index in [-0.39, 0.29) is 35.5 Å². The van der Waals surface area contributed by atoms with Crippen molar-refractivity contribution in [1.29, 1.82) is 0 Å². The number of rotatable bonds is 2. The second-order valence-electron chi connectivity index (χ2n) is 5.47. The molecule has 0 saturated heterocycles. The SMILES string of the molecule is CN(C)C(=O)[C@@H]1[C@H](C(=O)N(C)C)[C@@H]2C=C[C@H]1C2. The van der Waals surface area contributed by atoms with E-state index in [1.165, 1.54) is 0 Å². The summed E-state index contributed by atoms with van der Waals surface area (Å²) in [5.74, 6) is 0.362. The fourth-order valence-electron chi connectivity index (χ4n) is 3.09. The van der Waals surface area contributed by atoms with E-state index in [0.29, 0.717) is 0 Å². The number of fused-ring (bicyclic) bond motifs is 2. The first kappa shape index (κ1) is 12.1. The van der Waals surface area contributed by atoms with Gasteiger partial charge in [0.2, 0.25) is 11.8 Å². The van der Waals surface area contributed by atoms with E-state index in [2.05, 4.69) is 12.2 Å². The zero-order chi connectivity index (χ0) is 12.7. The Morgan fingerprint density at radius 3 is 1.53 bits per heavy atom. The van der Waals surface area contributed by atoms with E-state index in [1.54, 1.807) is 38.0 Å². The van der Waals surface area contributed by atoms with Gasteiger partial charge in [-0.3, -0.25) is 9.59 Å². The molecule has 0 heterocycles. The number of amides is 2. The van der Waals surface area contributed by atoms with Crippen molar-refractivity contribution in [2.24, 2.45) is 23.7 Å². The zero-order valence-electron chi connectivity index (χ0n) is 10.9. The third-order valence-electron chi connectivity index (χ3n) is 3.91. The molecule has 0 spiro atoms. The predicted octanol–water partition coefficient (Wildman–Crippen LogP) is 0.601. The van der Waals surface area contributed by atoms with Gasteiger partial charge >= 0.3 is 0 Å².